The van der Waals surface area contributed by atoms with E-state index in [0.717, 1.165) is 19.0 Å². The Balaban J connectivity index is 2.07. The topological polar surface area (TPSA) is 29.3 Å². The maximum Gasteiger partial charge on any atom is 0.0510 e. The number of anilines is 1. The van der Waals surface area contributed by atoms with Crippen LogP contribution < -0.4 is 10.6 Å². The van der Waals surface area contributed by atoms with E-state index >= 15 is 0 Å². The van der Waals surface area contributed by atoms with Crippen LogP contribution in [0.1, 0.15) is 52.1 Å². The molecule has 3 heteroatoms. The van der Waals surface area contributed by atoms with E-state index in [4.69, 9.17) is 5.73 Å². The van der Waals surface area contributed by atoms with Crippen LogP contribution >= 0.6 is 15.9 Å². The molecule has 2 N–H and O–H groups in total. The number of halogens is 1. The largest absolute Gasteiger partial charge is 0.371 e. The van der Waals surface area contributed by atoms with Crippen LogP contribution in [-0.2, 0) is 0 Å². The summed E-state index contributed by atoms with van der Waals surface area (Å²) in [5.74, 6) is 0.834. The standard InChI is InChI=1S/C17H27BrN2/c1-12(19)13-5-6-16(15(18)11-13)20-9-7-14(8-10-20)17(2,3)4/h5-6,11-12,14H,7-10,19H2,1-4H3/t12-/m0/s1. The number of hydrogen-bond donors (Lipinski definition) is 1. The molecular formula is C17H27BrN2. The SMILES string of the molecule is C[C@H](N)c1ccc(N2CCC(C(C)(C)C)CC2)c(Br)c1. The van der Waals surface area contributed by atoms with Crippen molar-refractivity contribution in [3.63, 3.8) is 0 Å². The lowest BCUT2D eigenvalue weighted by Crippen LogP contribution is -2.38. The third kappa shape index (κ3) is 3.56. The zero-order valence-electron chi connectivity index (χ0n) is 13.1. The quantitative estimate of drug-likeness (QED) is 0.844. The van der Waals surface area contributed by atoms with Crippen LogP contribution in [0.2, 0.25) is 0 Å². The molecule has 1 fully saturated rings. The lowest BCUT2D eigenvalue weighted by Gasteiger charge is -2.40. The molecule has 1 heterocycles. The Morgan fingerprint density at radius 2 is 1.85 bits per heavy atom. The van der Waals surface area contributed by atoms with Crippen LogP contribution in [0.15, 0.2) is 22.7 Å². The van der Waals surface area contributed by atoms with Crippen LogP contribution in [0.4, 0.5) is 5.69 Å². The van der Waals surface area contributed by atoms with Crippen molar-refractivity contribution in [2.45, 2.75) is 46.6 Å². The molecule has 1 atom stereocenters. The van der Waals surface area contributed by atoms with Gasteiger partial charge in [-0.2, -0.15) is 0 Å². The van der Waals surface area contributed by atoms with Crippen LogP contribution in [0, 0.1) is 11.3 Å². The summed E-state index contributed by atoms with van der Waals surface area (Å²) in [5, 5.41) is 0. The van der Waals surface area contributed by atoms with E-state index in [9.17, 15) is 0 Å². The van der Waals surface area contributed by atoms with Crippen molar-refractivity contribution in [3.05, 3.63) is 28.2 Å². The highest BCUT2D eigenvalue weighted by Crippen LogP contribution is 2.37. The fraction of sp³-hybridized carbons (Fsp3) is 0.647. The second kappa shape index (κ2) is 6.07. The van der Waals surface area contributed by atoms with Crippen molar-refractivity contribution >= 4 is 21.6 Å². The molecule has 1 aliphatic heterocycles. The van der Waals surface area contributed by atoms with Crippen molar-refractivity contribution in [1.82, 2.24) is 0 Å². The third-order valence-electron chi connectivity index (χ3n) is 4.56. The Kier molecular flexibility index (Phi) is 4.80. The average Bonchev–Trinajstić information content (AvgIpc) is 2.37. The van der Waals surface area contributed by atoms with Gasteiger partial charge >= 0.3 is 0 Å². The smallest absolute Gasteiger partial charge is 0.0510 e. The molecule has 1 aliphatic rings. The first-order valence-corrected chi connectivity index (χ1v) is 8.38. The molecule has 0 unspecified atom stereocenters. The van der Waals surface area contributed by atoms with Gasteiger partial charge in [-0.15, -0.1) is 0 Å². The molecule has 112 valence electrons. The second-order valence-electron chi connectivity index (χ2n) is 7.13. The van der Waals surface area contributed by atoms with Gasteiger partial charge in [-0.05, 0) is 64.7 Å². The molecule has 1 saturated heterocycles. The molecule has 2 rings (SSSR count). The highest BCUT2D eigenvalue weighted by Gasteiger charge is 2.29. The van der Waals surface area contributed by atoms with Crippen LogP contribution in [0.25, 0.3) is 0 Å². The van der Waals surface area contributed by atoms with Crippen molar-refractivity contribution < 1.29 is 0 Å². The fourth-order valence-electron chi connectivity index (χ4n) is 3.05. The monoisotopic (exact) mass is 338 g/mol. The summed E-state index contributed by atoms with van der Waals surface area (Å²) in [6.45, 7) is 11.4. The normalized spacial score (nSPS) is 19.2. The molecule has 1 aromatic rings. The van der Waals surface area contributed by atoms with Gasteiger partial charge in [0.2, 0.25) is 0 Å². The van der Waals surface area contributed by atoms with E-state index in [1.54, 1.807) is 0 Å². The number of rotatable bonds is 2. The Hall–Kier alpha value is -0.540. The lowest BCUT2D eigenvalue weighted by atomic mass is 9.75. The molecular weight excluding hydrogens is 312 g/mol. The van der Waals surface area contributed by atoms with E-state index in [1.165, 1.54) is 28.6 Å². The van der Waals surface area contributed by atoms with E-state index in [-0.39, 0.29) is 6.04 Å². The Morgan fingerprint density at radius 3 is 2.30 bits per heavy atom. The maximum absolute atomic E-state index is 5.94. The molecule has 0 aromatic heterocycles. The van der Waals surface area contributed by atoms with Gasteiger partial charge < -0.3 is 10.6 Å². The van der Waals surface area contributed by atoms with Gasteiger partial charge in [-0.3, -0.25) is 0 Å². The zero-order chi connectivity index (χ0) is 14.9. The summed E-state index contributed by atoms with van der Waals surface area (Å²) >= 11 is 3.71. The van der Waals surface area contributed by atoms with Crippen LogP contribution in [0.5, 0.6) is 0 Å². The lowest BCUT2D eigenvalue weighted by molar-refractivity contribution is 0.199. The van der Waals surface area contributed by atoms with Crippen molar-refractivity contribution in [2.24, 2.45) is 17.1 Å². The zero-order valence-corrected chi connectivity index (χ0v) is 14.7. The maximum atomic E-state index is 5.94. The first kappa shape index (κ1) is 15.8. The third-order valence-corrected chi connectivity index (χ3v) is 5.19. The minimum atomic E-state index is 0.0898. The van der Waals surface area contributed by atoms with Gasteiger partial charge in [0, 0.05) is 23.6 Å². The molecule has 0 spiro atoms. The number of benzene rings is 1. The summed E-state index contributed by atoms with van der Waals surface area (Å²) in [5.41, 5.74) is 8.87. The average molecular weight is 339 g/mol. The summed E-state index contributed by atoms with van der Waals surface area (Å²) < 4.78 is 1.17. The summed E-state index contributed by atoms with van der Waals surface area (Å²) in [6, 6.07) is 6.61. The molecule has 0 amide bonds. The minimum absolute atomic E-state index is 0.0898. The molecule has 2 nitrogen and oxygen atoms in total. The number of nitrogens with two attached hydrogens (primary N) is 1. The summed E-state index contributed by atoms with van der Waals surface area (Å²) in [4.78, 5) is 2.50. The highest BCUT2D eigenvalue weighted by molar-refractivity contribution is 9.10. The van der Waals surface area contributed by atoms with Gasteiger partial charge in [0.1, 0.15) is 0 Å². The van der Waals surface area contributed by atoms with Gasteiger partial charge in [0.25, 0.3) is 0 Å². The van der Waals surface area contributed by atoms with Crippen LogP contribution in [0.3, 0.4) is 0 Å². The number of hydrogen-bond acceptors (Lipinski definition) is 2. The summed E-state index contributed by atoms with van der Waals surface area (Å²) in [7, 11) is 0. The molecule has 1 aromatic carbocycles. The predicted octanol–water partition coefficient (Wildman–Crippen LogP) is 4.73. The fourth-order valence-corrected chi connectivity index (χ4v) is 3.70. The minimum Gasteiger partial charge on any atom is -0.371 e. The van der Waals surface area contributed by atoms with Gasteiger partial charge in [0.05, 0.1) is 5.69 Å². The first-order chi connectivity index (χ1) is 9.29. The van der Waals surface area contributed by atoms with E-state index < -0.39 is 0 Å². The Labute approximate surface area is 131 Å². The van der Waals surface area contributed by atoms with E-state index in [2.05, 4.69) is 59.8 Å². The van der Waals surface area contributed by atoms with Crippen molar-refractivity contribution in [2.75, 3.05) is 18.0 Å². The summed E-state index contributed by atoms with van der Waals surface area (Å²) in [6.07, 6.45) is 2.57. The molecule has 0 saturated carbocycles. The van der Waals surface area contributed by atoms with Crippen LogP contribution in [-0.4, -0.2) is 13.1 Å². The first-order valence-electron chi connectivity index (χ1n) is 7.59. The Morgan fingerprint density at radius 1 is 1.25 bits per heavy atom. The Bertz CT molecular complexity index is 455. The van der Waals surface area contributed by atoms with Gasteiger partial charge in [0.15, 0.2) is 0 Å². The second-order valence-corrected chi connectivity index (χ2v) is 7.98. The van der Waals surface area contributed by atoms with Crippen molar-refractivity contribution in [1.29, 1.82) is 0 Å². The van der Waals surface area contributed by atoms with E-state index in [1.807, 2.05) is 6.92 Å². The predicted molar refractivity (Wildman–Crippen MR) is 91.1 cm³/mol. The highest BCUT2D eigenvalue weighted by atomic mass is 79.9. The molecule has 0 bridgehead atoms. The number of piperidine rings is 1. The van der Waals surface area contributed by atoms with Gasteiger partial charge in [-0.25, -0.2) is 0 Å². The molecule has 20 heavy (non-hydrogen) atoms. The van der Waals surface area contributed by atoms with Crippen molar-refractivity contribution in [3.8, 4) is 0 Å². The number of nitrogens with zero attached hydrogens (tertiary/aromatic N) is 1. The van der Waals surface area contributed by atoms with E-state index in [0.29, 0.717) is 5.41 Å². The van der Waals surface area contributed by atoms with Gasteiger partial charge in [-0.1, -0.05) is 26.8 Å². The molecule has 0 aliphatic carbocycles. The molecule has 0 radical (unpaired) electrons.